The molecule has 1 N–H and O–H groups in total. The van der Waals surface area contributed by atoms with Gasteiger partial charge in [-0.3, -0.25) is 14.9 Å². The summed E-state index contributed by atoms with van der Waals surface area (Å²) in [7, 11) is 0. The molecule has 2 amide bonds. The summed E-state index contributed by atoms with van der Waals surface area (Å²) in [6, 6.07) is 0. The molecule has 1 atom stereocenters. The Morgan fingerprint density at radius 1 is 1.61 bits per heavy atom. The van der Waals surface area contributed by atoms with Crippen LogP contribution < -0.4 is 5.32 Å². The number of carbonyl (C=O) groups is 2. The van der Waals surface area contributed by atoms with E-state index in [4.69, 9.17) is 4.74 Å². The molecule has 1 aromatic heterocycles. The van der Waals surface area contributed by atoms with Crippen molar-refractivity contribution in [3.63, 3.8) is 0 Å². The van der Waals surface area contributed by atoms with Crippen molar-refractivity contribution in [3.05, 3.63) is 11.6 Å². The van der Waals surface area contributed by atoms with E-state index in [1.165, 1.54) is 18.3 Å². The Labute approximate surface area is 109 Å². The molecular weight excluding hydrogens is 254 g/mol. The summed E-state index contributed by atoms with van der Waals surface area (Å²) < 4.78 is 5.53. The molecule has 0 aliphatic carbocycles. The lowest BCUT2D eigenvalue weighted by atomic mass is 10.0. The third-order valence-electron chi connectivity index (χ3n) is 2.85. The first-order chi connectivity index (χ1) is 8.51. The van der Waals surface area contributed by atoms with Gasteiger partial charge in [0.1, 0.15) is 0 Å². The van der Waals surface area contributed by atoms with Crippen molar-refractivity contribution in [2.75, 3.05) is 25.0 Å². The quantitative estimate of drug-likeness (QED) is 0.858. The summed E-state index contributed by atoms with van der Waals surface area (Å²) >= 11 is 1.34. The van der Waals surface area contributed by atoms with Crippen molar-refractivity contribution in [2.45, 2.75) is 19.4 Å². The molecular formula is C11H15N3O3S. The Morgan fingerprint density at radius 3 is 3.00 bits per heavy atom. The van der Waals surface area contributed by atoms with Crippen molar-refractivity contribution in [2.24, 2.45) is 0 Å². The number of nitrogens with zero attached hydrogens (tertiary/aromatic N) is 2. The van der Waals surface area contributed by atoms with E-state index in [2.05, 4.69) is 10.3 Å². The zero-order chi connectivity index (χ0) is 13.2. The molecule has 2 heterocycles. The molecule has 6 nitrogen and oxygen atoms in total. The number of rotatable bonds is 2. The first-order valence-electron chi connectivity index (χ1n) is 5.62. The molecule has 0 radical (unpaired) electrons. The fourth-order valence-electron chi connectivity index (χ4n) is 1.79. The topological polar surface area (TPSA) is 71.5 Å². The minimum absolute atomic E-state index is 0.0495. The van der Waals surface area contributed by atoms with Crippen molar-refractivity contribution in [1.29, 1.82) is 0 Å². The van der Waals surface area contributed by atoms with Gasteiger partial charge in [0.05, 0.1) is 13.2 Å². The number of nitrogens with one attached hydrogen (secondary N) is 1. The van der Waals surface area contributed by atoms with E-state index in [9.17, 15) is 9.59 Å². The average Bonchev–Trinajstić information content (AvgIpc) is 2.82. The van der Waals surface area contributed by atoms with Gasteiger partial charge in [0.15, 0.2) is 10.7 Å². The van der Waals surface area contributed by atoms with Crippen LogP contribution in [-0.4, -0.2) is 47.0 Å². The monoisotopic (exact) mass is 269 g/mol. The standard InChI is InChI=1S/C11H15N3O3S/c1-8(15)14-4-5-17-11(2,7-14)9(16)13-10-12-3-6-18-10/h3,6H,4-5,7H2,1-2H3,(H,12,13,16). The molecule has 1 aliphatic heterocycles. The Bertz CT molecular complexity index is 448. The van der Waals surface area contributed by atoms with Gasteiger partial charge < -0.3 is 9.64 Å². The van der Waals surface area contributed by atoms with Crippen LogP contribution in [0.2, 0.25) is 0 Å². The smallest absolute Gasteiger partial charge is 0.259 e. The Balaban J connectivity index is 2.05. The highest BCUT2D eigenvalue weighted by molar-refractivity contribution is 7.13. The third kappa shape index (κ3) is 2.68. The summed E-state index contributed by atoms with van der Waals surface area (Å²) in [4.78, 5) is 29.1. The largest absolute Gasteiger partial charge is 0.362 e. The highest BCUT2D eigenvalue weighted by Crippen LogP contribution is 2.21. The summed E-state index contributed by atoms with van der Waals surface area (Å²) in [6.45, 7) is 4.33. The third-order valence-corrected chi connectivity index (χ3v) is 3.54. The lowest BCUT2D eigenvalue weighted by Crippen LogP contribution is -2.57. The second-order valence-corrected chi connectivity index (χ2v) is 5.21. The molecule has 7 heteroatoms. The Hall–Kier alpha value is -1.47. The van der Waals surface area contributed by atoms with Gasteiger partial charge in [-0.25, -0.2) is 4.98 Å². The van der Waals surface area contributed by atoms with Crippen LogP contribution in [0.25, 0.3) is 0 Å². The molecule has 1 aromatic rings. The predicted molar refractivity (Wildman–Crippen MR) is 67.4 cm³/mol. The van der Waals surface area contributed by atoms with E-state index < -0.39 is 5.60 Å². The molecule has 1 unspecified atom stereocenters. The zero-order valence-corrected chi connectivity index (χ0v) is 11.1. The van der Waals surface area contributed by atoms with Crippen LogP contribution in [0.4, 0.5) is 5.13 Å². The van der Waals surface area contributed by atoms with Gasteiger partial charge in [0.2, 0.25) is 5.91 Å². The van der Waals surface area contributed by atoms with Gasteiger partial charge in [-0.1, -0.05) is 0 Å². The second kappa shape index (κ2) is 5.03. The van der Waals surface area contributed by atoms with E-state index in [1.807, 2.05) is 0 Å². The Kier molecular flexibility index (Phi) is 3.63. The number of carbonyl (C=O) groups excluding carboxylic acids is 2. The molecule has 1 saturated heterocycles. The van der Waals surface area contributed by atoms with Gasteiger partial charge in [-0.2, -0.15) is 0 Å². The number of thiazole rings is 1. The maximum Gasteiger partial charge on any atom is 0.259 e. The molecule has 0 bridgehead atoms. The predicted octanol–water partition coefficient (Wildman–Crippen LogP) is 0.719. The molecule has 1 fully saturated rings. The molecule has 18 heavy (non-hydrogen) atoms. The number of hydrogen-bond donors (Lipinski definition) is 1. The van der Waals surface area contributed by atoms with Gasteiger partial charge in [-0.15, -0.1) is 11.3 Å². The number of aromatic nitrogens is 1. The summed E-state index contributed by atoms with van der Waals surface area (Å²) in [5.41, 5.74) is -1.02. The highest BCUT2D eigenvalue weighted by Gasteiger charge is 2.40. The molecule has 1 aliphatic rings. The van der Waals surface area contributed by atoms with Gasteiger partial charge in [-0.05, 0) is 6.92 Å². The van der Waals surface area contributed by atoms with Crippen LogP contribution in [0.1, 0.15) is 13.8 Å². The SMILES string of the molecule is CC(=O)N1CCOC(C)(C(=O)Nc2nccs2)C1. The molecule has 0 saturated carbocycles. The average molecular weight is 269 g/mol. The van der Waals surface area contributed by atoms with Gasteiger partial charge in [0, 0.05) is 25.0 Å². The molecule has 0 aromatic carbocycles. The van der Waals surface area contributed by atoms with Gasteiger partial charge >= 0.3 is 0 Å². The molecule has 0 spiro atoms. The van der Waals surface area contributed by atoms with Gasteiger partial charge in [0.25, 0.3) is 5.91 Å². The molecule has 98 valence electrons. The van der Waals surface area contributed by atoms with E-state index in [-0.39, 0.29) is 18.4 Å². The van der Waals surface area contributed by atoms with E-state index in [1.54, 1.807) is 23.4 Å². The van der Waals surface area contributed by atoms with Crippen LogP contribution >= 0.6 is 11.3 Å². The maximum atomic E-state index is 12.1. The summed E-state index contributed by atoms with van der Waals surface area (Å²) in [5.74, 6) is -0.324. The lowest BCUT2D eigenvalue weighted by molar-refractivity contribution is -0.158. The van der Waals surface area contributed by atoms with Crippen LogP contribution in [0.3, 0.4) is 0 Å². The highest BCUT2D eigenvalue weighted by atomic mass is 32.1. The number of hydrogen-bond acceptors (Lipinski definition) is 5. The number of anilines is 1. The number of amides is 2. The van der Waals surface area contributed by atoms with Crippen molar-refractivity contribution >= 4 is 28.3 Å². The fourth-order valence-corrected chi connectivity index (χ4v) is 2.31. The first-order valence-corrected chi connectivity index (χ1v) is 6.50. The minimum Gasteiger partial charge on any atom is -0.362 e. The van der Waals surface area contributed by atoms with Crippen LogP contribution in [-0.2, 0) is 14.3 Å². The minimum atomic E-state index is -1.02. The zero-order valence-electron chi connectivity index (χ0n) is 10.3. The van der Waals surface area contributed by atoms with E-state index in [0.29, 0.717) is 18.3 Å². The number of ether oxygens (including phenoxy) is 1. The summed E-state index contributed by atoms with van der Waals surface area (Å²) in [5, 5.41) is 5.01. The lowest BCUT2D eigenvalue weighted by Gasteiger charge is -2.38. The van der Waals surface area contributed by atoms with Crippen LogP contribution in [0, 0.1) is 0 Å². The number of morpholine rings is 1. The maximum absolute atomic E-state index is 12.1. The van der Waals surface area contributed by atoms with E-state index in [0.717, 1.165) is 0 Å². The van der Waals surface area contributed by atoms with Crippen molar-refractivity contribution < 1.29 is 14.3 Å². The fraction of sp³-hybridized carbons (Fsp3) is 0.545. The van der Waals surface area contributed by atoms with Crippen LogP contribution in [0.15, 0.2) is 11.6 Å². The second-order valence-electron chi connectivity index (χ2n) is 4.31. The van der Waals surface area contributed by atoms with Crippen molar-refractivity contribution in [1.82, 2.24) is 9.88 Å². The van der Waals surface area contributed by atoms with Crippen molar-refractivity contribution in [3.8, 4) is 0 Å². The van der Waals surface area contributed by atoms with E-state index >= 15 is 0 Å². The Morgan fingerprint density at radius 2 is 2.39 bits per heavy atom. The molecule has 2 rings (SSSR count). The normalized spacial score (nSPS) is 23.8. The van der Waals surface area contributed by atoms with Crippen LogP contribution in [0.5, 0.6) is 0 Å². The summed E-state index contributed by atoms with van der Waals surface area (Å²) in [6.07, 6.45) is 1.62. The first kappa shape index (κ1) is 13.0.